The molecule has 0 aliphatic heterocycles. The number of hydrogen-bond donors (Lipinski definition) is 2. The first kappa shape index (κ1) is 19.9. The van der Waals surface area contributed by atoms with Crippen LogP contribution in [-0.4, -0.2) is 27.9 Å². The molecule has 0 spiro atoms. The average Bonchev–Trinajstić information content (AvgIpc) is 3.15. The Morgan fingerprint density at radius 1 is 1.26 bits per heavy atom. The third kappa shape index (κ3) is 6.66. The van der Waals surface area contributed by atoms with Crippen LogP contribution in [-0.2, 0) is 11.3 Å². The average molecular weight is 403 g/mol. The van der Waals surface area contributed by atoms with Gasteiger partial charge in [0.15, 0.2) is 4.34 Å². The first-order chi connectivity index (χ1) is 13.2. The van der Waals surface area contributed by atoms with E-state index in [1.165, 1.54) is 59.9 Å². The van der Waals surface area contributed by atoms with Crippen molar-refractivity contribution in [3.05, 3.63) is 47.5 Å². The number of anilines is 1. The standard InChI is InChI=1S/C20H26N4OS2/c1-15(18(25)21-13-12-16-8-4-2-5-9-16)26-20-24-23-19(27-20)22-14-17-10-6-3-7-11-17/h3,6-8,10-11,15H,2,4-5,9,12-14H2,1H3,(H,21,25)(H,22,23)/t15-/m0/s1. The Labute approximate surface area is 169 Å². The van der Waals surface area contributed by atoms with E-state index in [0.29, 0.717) is 6.54 Å². The van der Waals surface area contributed by atoms with Crippen LogP contribution < -0.4 is 10.6 Å². The molecule has 1 amide bonds. The second kappa shape index (κ2) is 10.5. The summed E-state index contributed by atoms with van der Waals surface area (Å²) in [6.45, 7) is 3.35. The summed E-state index contributed by atoms with van der Waals surface area (Å²) in [5, 5.41) is 15.3. The first-order valence-corrected chi connectivity index (χ1v) is 11.1. The fraction of sp³-hybridized carbons (Fsp3) is 0.450. The fourth-order valence-electron chi connectivity index (χ4n) is 2.93. The zero-order valence-electron chi connectivity index (χ0n) is 15.6. The van der Waals surface area contributed by atoms with Gasteiger partial charge in [-0.25, -0.2) is 0 Å². The Kier molecular flexibility index (Phi) is 7.71. The summed E-state index contributed by atoms with van der Waals surface area (Å²) in [5.41, 5.74) is 2.68. The third-order valence-electron chi connectivity index (χ3n) is 4.47. The van der Waals surface area contributed by atoms with E-state index in [9.17, 15) is 4.79 Å². The predicted octanol–water partition coefficient (Wildman–Crippen LogP) is 4.64. The smallest absolute Gasteiger partial charge is 0.233 e. The number of nitrogens with zero attached hydrogens (tertiary/aromatic N) is 2. The van der Waals surface area contributed by atoms with Gasteiger partial charge in [-0.2, -0.15) is 0 Å². The number of rotatable bonds is 9. The van der Waals surface area contributed by atoms with Gasteiger partial charge in [0.25, 0.3) is 0 Å². The molecule has 1 aromatic carbocycles. The maximum absolute atomic E-state index is 12.3. The van der Waals surface area contributed by atoms with Gasteiger partial charge < -0.3 is 10.6 Å². The lowest BCUT2D eigenvalue weighted by Crippen LogP contribution is -2.31. The number of carbonyl (C=O) groups excluding carboxylic acids is 1. The van der Waals surface area contributed by atoms with Gasteiger partial charge >= 0.3 is 0 Å². The zero-order chi connectivity index (χ0) is 18.9. The van der Waals surface area contributed by atoms with E-state index in [-0.39, 0.29) is 11.2 Å². The number of allylic oxidation sites excluding steroid dienone is 1. The molecule has 0 saturated heterocycles. The van der Waals surface area contributed by atoms with Crippen LogP contribution in [0.2, 0.25) is 0 Å². The molecule has 27 heavy (non-hydrogen) atoms. The number of aromatic nitrogens is 2. The van der Waals surface area contributed by atoms with Crippen LogP contribution in [0.25, 0.3) is 0 Å². The van der Waals surface area contributed by atoms with Crippen LogP contribution in [0.15, 0.2) is 46.3 Å². The van der Waals surface area contributed by atoms with Gasteiger partial charge in [-0.3, -0.25) is 4.79 Å². The van der Waals surface area contributed by atoms with E-state index in [0.717, 1.165) is 22.4 Å². The van der Waals surface area contributed by atoms with Crippen LogP contribution in [0, 0.1) is 0 Å². The highest BCUT2D eigenvalue weighted by atomic mass is 32.2. The van der Waals surface area contributed by atoms with Crippen molar-refractivity contribution >= 4 is 34.1 Å². The van der Waals surface area contributed by atoms with E-state index in [4.69, 9.17) is 0 Å². The van der Waals surface area contributed by atoms with Crippen LogP contribution in [0.1, 0.15) is 44.6 Å². The largest absolute Gasteiger partial charge is 0.356 e. The summed E-state index contributed by atoms with van der Waals surface area (Å²) < 4.78 is 0.809. The molecule has 1 heterocycles. The lowest BCUT2D eigenvalue weighted by atomic mass is 9.97. The second-order valence-electron chi connectivity index (χ2n) is 6.62. The van der Waals surface area contributed by atoms with Crippen molar-refractivity contribution in [1.29, 1.82) is 0 Å². The van der Waals surface area contributed by atoms with Gasteiger partial charge in [0.05, 0.1) is 5.25 Å². The topological polar surface area (TPSA) is 66.9 Å². The molecule has 0 fully saturated rings. The van der Waals surface area contributed by atoms with Crippen LogP contribution in [0.4, 0.5) is 5.13 Å². The molecule has 144 valence electrons. The second-order valence-corrected chi connectivity index (χ2v) is 9.19. The van der Waals surface area contributed by atoms with Crippen molar-refractivity contribution in [2.75, 3.05) is 11.9 Å². The Morgan fingerprint density at radius 2 is 2.11 bits per heavy atom. The molecule has 0 bridgehead atoms. The quantitative estimate of drug-likeness (QED) is 0.472. The molecule has 0 saturated carbocycles. The Bertz CT molecular complexity index is 760. The van der Waals surface area contributed by atoms with E-state index in [2.05, 4.69) is 39.0 Å². The molecular formula is C20H26N4OS2. The predicted molar refractivity (Wildman–Crippen MR) is 113 cm³/mol. The monoisotopic (exact) mass is 402 g/mol. The van der Waals surface area contributed by atoms with E-state index in [1.54, 1.807) is 0 Å². The highest BCUT2D eigenvalue weighted by Crippen LogP contribution is 2.29. The van der Waals surface area contributed by atoms with Crippen molar-refractivity contribution in [3.63, 3.8) is 0 Å². The molecular weight excluding hydrogens is 376 g/mol. The minimum atomic E-state index is -0.180. The number of carbonyl (C=O) groups is 1. The fourth-order valence-corrected chi connectivity index (χ4v) is 4.84. The van der Waals surface area contributed by atoms with E-state index < -0.39 is 0 Å². The molecule has 5 nitrogen and oxygen atoms in total. The molecule has 3 rings (SSSR count). The lowest BCUT2D eigenvalue weighted by molar-refractivity contribution is -0.120. The Balaban J connectivity index is 1.39. The molecule has 1 atom stereocenters. The number of amides is 1. The maximum Gasteiger partial charge on any atom is 0.233 e. The van der Waals surface area contributed by atoms with Crippen LogP contribution >= 0.6 is 23.1 Å². The summed E-state index contributed by atoms with van der Waals surface area (Å²) >= 11 is 2.94. The summed E-state index contributed by atoms with van der Waals surface area (Å²) in [6, 6.07) is 10.2. The molecule has 0 unspecified atom stereocenters. The molecule has 1 aromatic heterocycles. The molecule has 2 N–H and O–H groups in total. The number of nitrogens with one attached hydrogen (secondary N) is 2. The van der Waals surface area contributed by atoms with E-state index >= 15 is 0 Å². The van der Waals surface area contributed by atoms with Crippen LogP contribution in [0.5, 0.6) is 0 Å². The highest BCUT2D eigenvalue weighted by Gasteiger charge is 2.17. The summed E-state index contributed by atoms with van der Waals surface area (Å²) in [5.74, 6) is 0.0606. The van der Waals surface area contributed by atoms with Gasteiger partial charge in [-0.05, 0) is 44.6 Å². The Hall–Kier alpha value is -1.86. The van der Waals surface area contributed by atoms with Crippen molar-refractivity contribution in [1.82, 2.24) is 15.5 Å². The highest BCUT2D eigenvalue weighted by molar-refractivity contribution is 8.02. The van der Waals surface area contributed by atoms with Crippen molar-refractivity contribution in [3.8, 4) is 0 Å². The SMILES string of the molecule is C[C@H](Sc1nnc(NCc2ccccc2)s1)C(=O)NCCC1=CCCCC1. The molecule has 7 heteroatoms. The normalized spacial score (nSPS) is 15.1. The summed E-state index contributed by atoms with van der Waals surface area (Å²) in [4.78, 5) is 12.3. The van der Waals surface area contributed by atoms with Crippen LogP contribution in [0.3, 0.4) is 0 Å². The number of hydrogen-bond acceptors (Lipinski definition) is 6. The van der Waals surface area contributed by atoms with E-state index in [1.807, 2.05) is 25.1 Å². The zero-order valence-corrected chi connectivity index (χ0v) is 17.2. The molecule has 1 aliphatic carbocycles. The minimum absolute atomic E-state index is 0.0606. The van der Waals surface area contributed by atoms with Gasteiger partial charge in [0, 0.05) is 13.1 Å². The Morgan fingerprint density at radius 3 is 2.89 bits per heavy atom. The minimum Gasteiger partial charge on any atom is -0.356 e. The third-order valence-corrected chi connectivity index (χ3v) is 6.54. The van der Waals surface area contributed by atoms with Gasteiger partial charge in [0.1, 0.15) is 0 Å². The lowest BCUT2D eigenvalue weighted by Gasteiger charge is -2.14. The van der Waals surface area contributed by atoms with Gasteiger partial charge in [0.2, 0.25) is 11.0 Å². The number of benzene rings is 1. The van der Waals surface area contributed by atoms with Crippen molar-refractivity contribution < 1.29 is 4.79 Å². The maximum atomic E-state index is 12.3. The van der Waals surface area contributed by atoms with Gasteiger partial charge in [-0.1, -0.05) is 65.1 Å². The summed E-state index contributed by atoms with van der Waals surface area (Å²) in [6.07, 6.45) is 8.25. The molecule has 2 aromatic rings. The van der Waals surface area contributed by atoms with Crippen molar-refractivity contribution in [2.45, 2.75) is 55.2 Å². The van der Waals surface area contributed by atoms with Gasteiger partial charge in [-0.15, -0.1) is 10.2 Å². The summed E-state index contributed by atoms with van der Waals surface area (Å²) in [7, 11) is 0. The molecule has 0 radical (unpaired) electrons. The number of thioether (sulfide) groups is 1. The van der Waals surface area contributed by atoms with Crippen molar-refractivity contribution in [2.24, 2.45) is 0 Å². The first-order valence-electron chi connectivity index (χ1n) is 9.44. The molecule has 1 aliphatic rings.